The molecule has 1 heterocycles. The number of rotatable bonds is 6. The van der Waals surface area contributed by atoms with Gasteiger partial charge in [-0.25, -0.2) is 0 Å². The first-order valence-corrected chi connectivity index (χ1v) is 7.34. The summed E-state index contributed by atoms with van der Waals surface area (Å²) < 4.78 is 10.8. The van der Waals surface area contributed by atoms with Crippen LogP contribution in [0.1, 0.15) is 11.5 Å². The van der Waals surface area contributed by atoms with Crippen LogP contribution in [-0.2, 0) is 11.4 Å². The predicted molar refractivity (Wildman–Crippen MR) is 89.2 cm³/mol. The summed E-state index contributed by atoms with van der Waals surface area (Å²) in [5.74, 6) is 0.631. The number of ether oxygens (including phenoxy) is 1. The molecule has 6 nitrogen and oxygen atoms in total. The van der Waals surface area contributed by atoms with Crippen LogP contribution < -0.4 is 10.1 Å². The zero-order valence-electron chi connectivity index (χ0n) is 12.8. The smallest absolute Gasteiger partial charge is 0.322 e. The number of carbonyl (C=O) groups excluding carboxylic acids is 1. The Morgan fingerprint density at radius 3 is 2.50 bits per heavy atom. The van der Waals surface area contributed by atoms with Gasteiger partial charge in [-0.1, -0.05) is 53.6 Å². The number of nitrogens with one attached hydrogen (secondary N) is 1. The van der Waals surface area contributed by atoms with Gasteiger partial charge in [0.15, 0.2) is 6.61 Å². The van der Waals surface area contributed by atoms with E-state index in [4.69, 9.17) is 9.15 Å². The van der Waals surface area contributed by atoms with E-state index in [-0.39, 0.29) is 24.4 Å². The summed E-state index contributed by atoms with van der Waals surface area (Å²) in [5, 5.41) is 10.1. The molecule has 3 aromatic rings. The van der Waals surface area contributed by atoms with E-state index in [1.807, 2.05) is 60.7 Å². The summed E-state index contributed by atoms with van der Waals surface area (Å²) in [5.41, 5.74) is 0.926. The van der Waals surface area contributed by atoms with Crippen molar-refractivity contribution in [3.63, 3.8) is 0 Å². The molecule has 1 amide bonds. The molecule has 0 fully saturated rings. The molecule has 6 heteroatoms. The normalized spacial score (nSPS) is 10.7. The summed E-state index contributed by atoms with van der Waals surface area (Å²) in [7, 11) is 0. The van der Waals surface area contributed by atoms with E-state index >= 15 is 0 Å². The molecule has 0 unspecified atom stereocenters. The molecule has 0 saturated carbocycles. The van der Waals surface area contributed by atoms with Crippen molar-refractivity contribution in [2.45, 2.75) is 6.61 Å². The van der Waals surface area contributed by atoms with Crippen molar-refractivity contribution in [2.75, 3.05) is 5.32 Å². The zero-order valence-corrected chi connectivity index (χ0v) is 12.8. The van der Waals surface area contributed by atoms with Gasteiger partial charge < -0.3 is 9.15 Å². The van der Waals surface area contributed by atoms with Gasteiger partial charge in [-0.3, -0.25) is 10.1 Å². The van der Waals surface area contributed by atoms with Crippen molar-refractivity contribution >= 4 is 18.0 Å². The lowest BCUT2D eigenvalue weighted by Gasteiger charge is -2.01. The van der Waals surface area contributed by atoms with Gasteiger partial charge >= 0.3 is 6.01 Å². The molecule has 2 aromatic carbocycles. The third kappa shape index (κ3) is 4.54. The Morgan fingerprint density at radius 2 is 1.75 bits per heavy atom. The lowest BCUT2D eigenvalue weighted by atomic mass is 10.2. The zero-order chi connectivity index (χ0) is 16.6. The molecule has 3 rings (SSSR count). The van der Waals surface area contributed by atoms with Gasteiger partial charge in [-0.15, -0.1) is 5.10 Å². The van der Waals surface area contributed by atoms with E-state index in [2.05, 4.69) is 15.5 Å². The van der Waals surface area contributed by atoms with Crippen LogP contribution in [0.15, 0.2) is 71.2 Å². The topological polar surface area (TPSA) is 77.2 Å². The molecule has 0 aliphatic rings. The van der Waals surface area contributed by atoms with Gasteiger partial charge in [0.1, 0.15) is 5.75 Å². The fourth-order valence-electron chi connectivity index (χ4n) is 1.91. The van der Waals surface area contributed by atoms with Crippen LogP contribution in [0.5, 0.6) is 5.75 Å². The van der Waals surface area contributed by atoms with Crippen molar-refractivity contribution in [3.8, 4) is 5.75 Å². The minimum atomic E-state index is -0.349. The van der Waals surface area contributed by atoms with E-state index in [1.54, 1.807) is 6.08 Å². The Labute approximate surface area is 138 Å². The molecule has 120 valence electrons. The quantitative estimate of drug-likeness (QED) is 0.705. The maximum Gasteiger partial charge on any atom is 0.322 e. The fraction of sp³-hybridized carbons (Fsp3) is 0.0556. The lowest BCUT2D eigenvalue weighted by Crippen LogP contribution is -2.07. The molecule has 24 heavy (non-hydrogen) atoms. The molecular formula is C18H15N3O3. The van der Waals surface area contributed by atoms with E-state index < -0.39 is 0 Å². The van der Waals surface area contributed by atoms with Crippen molar-refractivity contribution in [1.29, 1.82) is 0 Å². The number of carbonyl (C=O) groups is 1. The van der Waals surface area contributed by atoms with E-state index in [1.165, 1.54) is 6.08 Å². The summed E-state index contributed by atoms with van der Waals surface area (Å²) in [4.78, 5) is 11.8. The first-order chi connectivity index (χ1) is 11.8. The Kier molecular flexibility index (Phi) is 4.99. The molecule has 0 saturated heterocycles. The average molecular weight is 321 g/mol. The number of para-hydroxylation sites is 1. The SMILES string of the molecule is O=C(/C=C/c1ccccc1)Nc1nnc(COc2ccccc2)o1. The van der Waals surface area contributed by atoms with Crippen molar-refractivity contribution < 1.29 is 13.9 Å². The highest BCUT2D eigenvalue weighted by Gasteiger charge is 2.08. The number of benzene rings is 2. The minimum absolute atomic E-state index is 0.0318. The van der Waals surface area contributed by atoms with Crippen LogP contribution >= 0.6 is 0 Å². The molecule has 0 atom stereocenters. The molecule has 0 spiro atoms. The van der Waals surface area contributed by atoms with Gasteiger partial charge in [-0.05, 0) is 23.8 Å². The first kappa shape index (κ1) is 15.5. The van der Waals surface area contributed by atoms with Gasteiger partial charge in [0.05, 0.1) is 0 Å². The van der Waals surface area contributed by atoms with Gasteiger partial charge in [0.2, 0.25) is 0 Å². The molecular weight excluding hydrogens is 306 g/mol. The van der Waals surface area contributed by atoms with Crippen LogP contribution in [0.25, 0.3) is 6.08 Å². The average Bonchev–Trinajstić information content (AvgIpc) is 3.07. The first-order valence-electron chi connectivity index (χ1n) is 7.34. The molecule has 1 N–H and O–H groups in total. The Morgan fingerprint density at radius 1 is 1.04 bits per heavy atom. The van der Waals surface area contributed by atoms with Gasteiger partial charge in [0, 0.05) is 6.08 Å². The maximum atomic E-state index is 11.8. The van der Waals surface area contributed by atoms with Crippen LogP contribution in [0.2, 0.25) is 0 Å². The maximum absolute atomic E-state index is 11.8. The summed E-state index contributed by atoms with van der Waals surface area (Å²) in [6, 6.07) is 18.8. The van der Waals surface area contributed by atoms with Gasteiger partial charge in [-0.2, -0.15) is 0 Å². The second-order valence-electron chi connectivity index (χ2n) is 4.84. The van der Waals surface area contributed by atoms with Crippen LogP contribution in [0.4, 0.5) is 6.01 Å². The largest absolute Gasteiger partial charge is 0.484 e. The number of aromatic nitrogens is 2. The number of amides is 1. The number of hydrogen-bond acceptors (Lipinski definition) is 5. The third-order valence-electron chi connectivity index (χ3n) is 3.03. The van der Waals surface area contributed by atoms with Gasteiger partial charge in [0.25, 0.3) is 11.8 Å². The van der Waals surface area contributed by atoms with Crippen molar-refractivity contribution in [2.24, 2.45) is 0 Å². The molecule has 0 radical (unpaired) electrons. The van der Waals surface area contributed by atoms with Crippen LogP contribution in [-0.4, -0.2) is 16.1 Å². The van der Waals surface area contributed by atoms with Crippen LogP contribution in [0, 0.1) is 0 Å². The lowest BCUT2D eigenvalue weighted by molar-refractivity contribution is -0.112. The van der Waals surface area contributed by atoms with E-state index in [0.717, 1.165) is 5.56 Å². The number of hydrogen-bond donors (Lipinski definition) is 1. The monoisotopic (exact) mass is 321 g/mol. The summed E-state index contributed by atoms with van der Waals surface area (Å²) in [6.07, 6.45) is 3.10. The molecule has 0 bridgehead atoms. The summed E-state index contributed by atoms with van der Waals surface area (Å²) >= 11 is 0. The highest BCUT2D eigenvalue weighted by molar-refractivity contribution is 6.00. The Hall–Kier alpha value is -3.41. The third-order valence-corrected chi connectivity index (χ3v) is 3.03. The molecule has 1 aromatic heterocycles. The number of anilines is 1. The standard InChI is InChI=1S/C18H15N3O3/c22-16(12-11-14-7-3-1-4-8-14)19-18-21-20-17(24-18)13-23-15-9-5-2-6-10-15/h1-12H,13H2,(H,19,21,22)/b12-11+. The van der Waals surface area contributed by atoms with E-state index in [9.17, 15) is 4.79 Å². The predicted octanol–water partition coefficient (Wildman–Crippen LogP) is 3.30. The van der Waals surface area contributed by atoms with Crippen LogP contribution in [0.3, 0.4) is 0 Å². The Bertz CT molecular complexity index is 814. The highest BCUT2D eigenvalue weighted by atomic mass is 16.5. The second kappa shape index (κ2) is 7.73. The second-order valence-corrected chi connectivity index (χ2v) is 4.84. The van der Waals surface area contributed by atoms with Crippen molar-refractivity contribution in [3.05, 3.63) is 78.2 Å². The highest BCUT2D eigenvalue weighted by Crippen LogP contribution is 2.12. The molecule has 0 aliphatic heterocycles. The minimum Gasteiger partial charge on any atom is -0.484 e. The van der Waals surface area contributed by atoms with E-state index in [0.29, 0.717) is 5.75 Å². The fourth-order valence-corrected chi connectivity index (χ4v) is 1.91. The molecule has 0 aliphatic carbocycles. The number of nitrogens with zero attached hydrogens (tertiary/aromatic N) is 2. The summed E-state index contributed by atoms with van der Waals surface area (Å²) in [6.45, 7) is 0.132. The Balaban J connectivity index is 1.52. The van der Waals surface area contributed by atoms with Crippen molar-refractivity contribution in [1.82, 2.24) is 10.2 Å².